The first-order valence-corrected chi connectivity index (χ1v) is 5.96. The quantitative estimate of drug-likeness (QED) is 0.452. The molecule has 1 saturated heterocycles. The minimum absolute atomic E-state index is 0.633. The number of morpholine rings is 1. The van der Waals surface area contributed by atoms with Crippen LogP contribution >= 0.6 is 0 Å². The molecule has 1 aromatic heterocycles. The Morgan fingerprint density at radius 2 is 2.24 bits per heavy atom. The van der Waals surface area contributed by atoms with Crippen molar-refractivity contribution in [3.05, 3.63) is 18.5 Å². The molecule has 0 amide bonds. The fourth-order valence-corrected chi connectivity index (χ4v) is 1.75. The van der Waals surface area contributed by atoms with Gasteiger partial charge in [0.15, 0.2) is 5.96 Å². The smallest absolute Gasteiger partial charge is 0.191 e. The molecule has 0 saturated carbocycles. The summed E-state index contributed by atoms with van der Waals surface area (Å²) in [6.45, 7) is 4.78. The predicted octanol–water partition coefficient (Wildman–Crippen LogP) is -0.0799. The summed E-state index contributed by atoms with van der Waals surface area (Å²) in [5, 5.41) is 4.13. The summed E-state index contributed by atoms with van der Waals surface area (Å²) in [4.78, 5) is 6.44. The van der Waals surface area contributed by atoms with Gasteiger partial charge in [0.2, 0.25) is 0 Å². The lowest BCUT2D eigenvalue weighted by Gasteiger charge is -2.27. The molecule has 2 N–H and O–H groups in total. The van der Waals surface area contributed by atoms with Gasteiger partial charge in [0.1, 0.15) is 0 Å². The van der Waals surface area contributed by atoms with Crippen molar-refractivity contribution in [3.63, 3.8) is 0 Å². The van der Waals surface area contributed by atoms with E-state index in [4.69, 9.17) is 10.5 Å². The molecule has 0 bridgehead atoms. The molecule has 0 spiro atoms. The van der Waals surface area contributed by atoms with E-state index in [1.807, 2.05) is 16.9 Å². The summed E-state index contributed by atoms with van der Waals surface area (Å²) in [7, 11) is 0. The first-order chi connectivity index (χ1) is 8.36. The van der Waals surface area contributed by atoms with Gasteiger partial charge in [-0.05, 0) is 12.5 Å². The van der Waals surface area contributed by atoms with E-state index in [0.29, 0.717) is 5.96 Å². The van der Waals surface area contributed by atoms with E-state index in [0.717, 1.165) is 45.8 Å². The zero-order valence-corrected chi connectivity index (χ0v) is 9.96. The highest BCUT2D eigenvalue weighted by Gasteiger charge is 2.11. The number of guanidine groups is 1. The molecule has 1 fully saturated rings. The van der Waals surface area contributed by atoms with E-state index >= 15 is 0 Å². The lowest BCUT2D eigenvalue weighted by molar-refractivity contribution is 0.0674. The van der Waals surface area contributed by atoms with Crippen molar-refractivity contribution in [1.29, 1.82) is 0 Å². The maximum absolute atomic E-state index is 5.91. The van der Waals surface area contributed by atoms with Crippen LogP contribution in [-0.4, -0.2) is 53.5 Å². The van der Waals surface area contributed by atoms with Gasteiger partial charge >= 0.3 is 0 Å². The van der Waals surface area contributed by atoms with Crippen LogP contribution in [0.4, 0.5) is 0 Å². The van der Waals surface area contributed by atoms with Crippen molar-refractivity contribution < 1.29 is 4.74 Å². The van der Waals surface area contributed by atoms with Crippen molar-refractivity contribution >= 4 is 5.96 Å². The number of aromatic nitrogens is 2. The number of ether oxygens (including phenoxy) is 1. The van der Waals surface area contributed by atoms with Crippen LogP contribution in [0.1, 0.15) is 6.42 Å². The van der Waals surface area contributed by atoms with Crippen molar-refractivity contribution in [2.75, 3.05) is 32.8 Å². The van der Waals surface area contributed by atoms with Crippen LogP contribution in [0, 0.1) is 0 Å². The average Bonchev–Trinajstić information content (AvgIpc) is 2.88. The van der Waals surface area contributed by atoms with Gasteiger partial charge in [-0.3, -0.25) is 9.67 Å². The van der Waals surface area contributed by atoms with E-state index in [9.17, 15) is 0 Å². The lowest BCUT2D eigenvalue weighted by Crippen LogP contribution is -2.44. The Morgan fingerprint density at radius 1 is 1.41 bits per heavy atom. The van der Waals surface area contributed by atoms with Crippen LogP contribution in [0.2, 0.25) is 0 Å². The van der Waals surface area contributed by atoms with E-state index in [1.54, 1.807) is 6.20 Å². The number of nitrogens with two attached hydrogens (primary N) is 1. The summed E-state index contributed by atoms with van der Waals surface area (Å²) in [6.07, 6.45) is 4.69. The Kier molecular flexibility index (Phi) is 4.37. The summed E-state index contributed by atoms with van der Waals surface area (Å²) < 4.78 is 7.16. The van der Waals surface area contributed by atoms with Gasteiger partial charge in [0.25, 0.3) is 0 Å². The van der Waals surface area contributed by atoms with Crippen LogP contribution < -0.4 is 5.73 Å². The summed E-state index contributed by atoms with van der Waals surface area (Å²) in [5.41, 5.74) is 5.91. The molecule has 0 unspecified atom stereocenters. The minimum Gasteiger partial charge on any atom is -0.378 e. The predicted molar refractivity (Wildman–Crippen MR) is 65.7 cm³/mol. The van der Waals surface area contributed by atoms with E-state index in [1.165, 1.54) is 0 Å². The van der Waals surface area contributed by atoms with Gasteiger partial charge in [0.05, 0.1) is 13.2 Å². The molecule has 2 rings (SSSR count). The first kappa shape index (κ1) is 11.9. The molecule has 17 heavy (non-hydrogen) atoms. The molecule has 1 aromatic rings. The summed E-state index contributed by atoms with van der Waals surface area (Å²) >= 11 is 0. The second-order valence-electron chi connectivity index (χ2n) is 3.96. The van der Waals surface area contributed by atoms with Gasteiger partial charge in [-0.1, -0.05) is 0 Å². The fourth-order valence-electron chi connectivity index (χ4n) is 1.75. The highest BCUT2D eigenvalue weighted by Crippen LogP contribution is 1.97. The van der Waals surface area contributed by atoms with Crippen molar-refractivity contribution in [3.8, 4) is 0 Å². The monoisotopic (exact) mass is 237 g/mol. The van der Waals surface area contributed by atoms with Gasteiger partial charge in [-0.2, -0.15) is 5.10 Å². The van der Waals surface area contributed by atoms with Gasteiger partial charge in [0, 0.05) is 38.6 Å². The molecular formula is C11H19N5O. The molecule has 0 aromatic carbocycles. The molecule has 0 aliphatic carbocycles. The topological polar surface area (TPSA) is 68.7 Å². The summed E-state index contributed by atoms with van der Waals surface area (Å²) in [5.74, 6) is 0.633. The highest BCUT2D eigenvalue weighted by atomic mass is 16.5. The summed E-state index contributed by atoms with van der Waals surface area (Å²) in [6, 6.07) is 1.92. The largest absolute Gasteiger partial charge is 0.378 e. The third-order valence-corrected chi connectivity index (χ3v) is 2.71. The fraction of sp³-hybridized carbons (Fsp3) is 0.636. The van der Waals surface area contributed by atoms with E-state index < -0.39 is 0 Å². The molecule has 94 valence electrons. The Morgan fingerprint density at radius 3 is 2.94 bits per heavy atom. The minimum atomic E-state index is 0.633. The number of aliphatic imine (C=N–C) groups is 1. The molecule has 2 heterocycles. The highest BCUT2D eigenvalue weighted by molar-refractivity contribution is 5.78. The third kappa shape index (κ3) is 3.74. The molecule has 6 nitrogen and oxygen atoms in total. The Labute approximate surface area is 101 Å². The number of rotatable bonds is 4. The average molecular weight is 237 g/mol. The normalized spacial score (nSPS) is 17.4. The molecule has 1 aliphatic rings. The van der Waals surface area contributed by atoms with Gasteiger partial charge in [-0.25, -0.2) is 0 Å². The molecular weight excluding hydrogens is 218 g/mol. The molecule has 1 aliphatic heterocycles. The Balaban J connectivity index is 1.68. The van der Waals surface area contributed by atoms with E-state index in [2.05, 4.69) is 15.0 Å². The standard InChI is InChI=1S/C11H19N5O/c12-11(15-7-9-17-10-8-15)13-3-1-5-16-6-2-4-14-16/h2,4,6H,1,3,5,7-10H2,(H2,12,13). The number of hydrogen-bond acceptors (Lipinski definition) is 3. The SMILES string of the molecule is NC(=NCCCn1cccn1)N1CCOCC1. The van der Waals surface area contributed by atoms with Crippen LogP contribution in [0.5, 0.6) is 0 Å². The number of aryl methyl sites for hydroxylation is 1. The zero-order valence-electron chi connectivity index (χ0n) is 9.96. The van der Waals surface area contributed by atoms with Crippen molar-refractivity contribution in [1.82, 2.24) is 14.7 Å². The maximum atomic E-state index is 5.91. The van der Waals surface area contributed by atoms with Crippen LogP contribution in [0.25, 0.3) is 0 Å². The van der Waals surface area contributed by atoms with Crippen molar-refractivity contribution in [2.45, 2.75) is 13.0 Å². The van der Waals surface area contributed by atoms with Gasteiger partial charge in [-0.15, -0.1) is 0 Å². The molecule has 6 heteroatoms. The molecule has 0 atom stereocenters. The van der Waals surface area contributed by atoms with Crippen LogP contribution in [0.15, 0.2) is 23.5 Å². The zero-order chi connectivity index (χ0) is 11.9. The first-order valence-electron chi connectivity index (χ1n) is 5.96. The van der Waals surface area contributed by atoms with E-state index in [-0.39, 0.29) is 0 Å². The number of nitrogens with zero attached hydrogens (tertiary/aromatic N) is 4. The van der Waals surface area contributed by atoms with Crippen LogP contribution in [0.3, 0.4) is 0 Å². The Hall–Kier alpha value is -1.56. The maximum Gasteiger partial charge on any atom is 0.191 e. The molecule has 0 radical (unpaired) electrons. The Bertz CT molecular complexity index is 343. The second-order valence-corrected chi connectivity index (χ2v) is 3.96. The third-order valence-electron chi connectivity index (χ3n) is 2.71. The number of hydrogen-bond donors (Lipinski definition) is 1. The second kappa shape index (κ2) is 6.24. The van der Waals surface area contributed by atoms with Gasteiger partial charge < -0.3 is 15.4 Å². The lowest BCUT2D eigenvalue weighted by atomic mass is 10.4. The van der Waals surface area contributed by atoms with Crippen molar-refractivity contribution in [2.24, 2.45) is 10.7 Å². The van der Waals surface area contributed by atoms with Crippen LogP contribution in [-0.2, 0) is 11.3 Å².